The number of carboxylic acid groups (broad SMARTS) is 1. The monoisotopic (exact) mass is 294 g/mol. The molecule has 2 aromatic heterocycles. The van der Waals surface area contributed by atoms with Gasteiger partial charge in [-0.25, -0.2) is 9.78 Å². The molecule has 0 aliphatic rings. The maximum atomic E-state index is 12.1. The van der Waals surface area contributed by atoms with E-state index in [1.165, 1.54) is 11.6 Å². The molecule has 0 fully saturated rings. The van der Waals surface area contributed by atoms with Crippen molar-refractivity contribution in [3.63, 3.8) is 0 Å². The van der Waals surface area contributed by atoms with E-state index in [1.807, 2.05) is 6.92 Å². The number of carbonyl (C=O) groups is 1. The smallest absolute Gasteiger partial charge is 0.332 e. The second kappa shape index (κ2) is 5.94. The summed E-state index contributed by atoms with van der Waals surface area (Å²) in [6.45, 7) is 2.41. The third-order valence-corrected chi connectivity index (χ3v) is 3.28. The summed E-state index contributed by atoms with van der Waals surface area (Å²) in [4.78, 5) is 41.9. The van der Waals surface area contributed by atoms with Gasteiger partial charge in [-0.05, 0) is 12.8 Å². The molecule has 0 saturated carbocycles. The minimum Gasteiger partial charge on any atom is -0.481 e. The first-order chi connectivity index (χ1) is 9.95. The lowest BCUT2D eigenvalue weighted by molar-refractivity contribution is -0.137. The average Bonchev–Trinajstić information content (AvgIpc) is 2.85. The summed E-state index contributed by atoms with van der Waals surface area (Å²) in [7, 11) is 1.43. The van der Waals surface area contributed by atoms with Gasteiger partial charge < -0.3 is 10.1 Å². The molecule has 0 unspecified atom stereocenters. The highest BCUT2D eigenvalue weighted by atomic mass is 16.4. The topological polar surface area (TPSA) is 110 Å². The van der Waals surface area contributed by atoms with E-state index in [2.05, 4.69) is 9.97 Å². The van der Waals surface area contributed by atoms with Crippen LogP contribution >= 0.6 is 0 Å². The van der Waals surface area contributed by atoms with Crippen LogP contribution in [0.1, 0.15) is 32.0 Å². The molecule has 2 N–H and O–H groups in total. The summed E-state index contributed by atoms with van der Waals surface area (Å²) in [6.07, 6.45) is 1.63. The highest BCUT2D eigenvalue weighted by Gasteiger charge is 2.15. The van der Waals surface area contributed by atoms with E-state index in [0.717, 1.165) is 11.0 Å². The molecule has 0 atom stereocenters. The predicted octanol–water partition coefficient (Wildman–Crippen LogP) is 0.241. The van der Waals surface area contributed by atoms with E-state index in [4.69, 9.17) is 5.11 Å². The molecule has 8 heteroatoms. The summed E-state index contributed by atoms with van der Waals surface area (Å²) in [6, 6.07) is 0. The Hall–Kier alpha value is -2.38. The Kier molecular flexibility index (Phi) is 4.25. The Bertz CT molecular complexity index is 784. The summed E-state index contributed by atoms with van der Waals surface area (Å²) < 4.78 is 2.52. The molecule has 0 bridgehead atoms. The minimum atomic E-state index is -0.870. The van der Waals surface area contributed by atoms with Crippen LogP contribution in [0.25, 0.3) is 11.2 Å². The molecule has 0 aliphatic carbocycles. The van der Waals surface area contributed by atoms with Crippen molar-refractivity contribution in [2.75, 3.05) is 0 Å². The van der Waals surface area contributed by atoms with Crippen molar-refractivity contribution in [3.05, 3.63) is 26.7 Å². The maximum absolute atomic E-state index is 12.1. The maximum Gasteiger partial charge on any atom is 0.332 e. The summed E-state index contributed by atoms with van der Waals surface area (Å²) >= 11 is 0. The van der Waals surface area contributed by atoms with E-state index in [1.54, 1.807) is 0 Å². The molecule has 2 rings (SSSR count). The Balaban J connectivity index is 2.48. The predicted molar refractivity (Wildman–Crippen MR) is 76.5 cm³/mol. The molecule has 0 radical (unpaired) electrons. The summed E-state index contributed by atoms with van der Waals surface area (Å²) in [5.74, 6) is -0.344. The van der Waals surface area contributed by atoms with Crippen molar-refractivity contribution >= 4 is 17.1 Å². The number of H-pyrrole nitrogens is 1. The SMILES string of the molecule is CCCn1c(=O)n(C)c(=O)c2[nH]c(CCCC(=O)O)nc21. The number of hydrogen-bond donors (Lipinski definition) is 2. The van der Waals surface area contributed by atoms with Crippen molar-refractivity contribution in [2.24, 2.45) is 7.05 Å². The standard InChI is InChI=1S/C13H18N4O4/c1-3-7-17-11-10(12(20)16(2)13(17)21)14-8(15-11)5-4-6-9(18)19/h3-7H2,1-2H3,(H,14,15)(H,18,19). The highest BCUT2D eigenvalue weighted by molar-refractivity contribution is 5.70. The van der Waals surface area contributed by atoms with E-state index in [0.29, 0.717) is 30.9 Å². The largest absolute Gasteiger partial charge is 0.481 e. The van der Waals surface area contributed by atoms with Gasteiger partial charge in [0, 0.05) is 26.4 Å². The Labute approximate surface area is 120 Å². The van der Waals surface area contributed by atoms with Gasteiger partial charge >= 0.3 is 11.7 Å². The second-order valence-corrected chi connectivity index (χ2v) is 4.93. The van der Waals surface area contributed by atoms with Crippen molar-refractivity contribution < 1.29 is 9.90 Å². The molecule has 0 amide bonds. The van der Waals surface area contributed by atoms with E-state index in [9.17, 15) is 14.4 Å². The van der Waals surface area contributed by atoms with Gasteiger partial charge in [0.2, 0.25) is 0 Å². The Morgan fingerprint density at radius 1 is 1.38 bits per heavy atom. The number of nitrogens with zero attached hydrogens (tertiary/aromatic N) is 3. The van der Waals surface area contributed by atoms with Crippen LogP contribution in [-0.2, 0) is 24.8 Å². The first-order valence-corrected chi connectivity index (χ1v) is 6.86. The van der Waals surface area contributed by atoms with Gasteiger partial charge in [0.05, 0.1) is 0 Å². The number of aryl methyl sites for hydroxylation is 2. The summed E-state index contributed by atoms with van der Waals surface area (Å²) in [5, 5.41) is 8.63. The molecule has 21 heavy (non-hydrogen) atoms. The number of fused-ring (bicyclic) bond motifs is 1. The van der Waals surface area contributed by atoms with Crippen LogP contribution in [0.2, 0.25) is 0 Å². The van der Waals surface area contributed by atoms with Crippen LogP contribution in [0.5, 0.6) is 0 Å². The summed E-state index contributed by atoms with van der Waals surface area (Å²) in [5.41, 5.74) is -0.177. The molecule has 0 saturated heterocycles. The zero-order chi connectivity index (χ0) is 15.6. The van der Waals surface area contributed by atoms with Gasteiger partial charge in [-0.2, -0.15) is 0 Å². The van der Waals surface area contributed by atoms with Crippen molar-refractivity contribution in [3.8, 4) is 0 Å². The normalized spacial score (nSPS) is 11.1. The number of rotatable bonds is 6. The fourth-order valence-corrected chi connectivity index (χ4v) is 2.23. The van der Waals surface area contributed by atoms with Gasteiger partial charge in [-0.1, -0.05) is 6.92 Å². The first kappa shape index (κ1) is 15.0. The molecule has 2 aromatic rings. The van der Waals surface area contributed by atoms with Gasteiger partial charge in [0.1, 0.15) is 11.3 Å². The van der Waals surface area contributed by atoms with E-state index in [-0.39, 0.29) is 11.9 Å². The molecule has 8 nitrogen and oxygen atoms in total. The first-order valence-electron chi connectivity index (χ1n) is 6.86. The molecular weight excluding hydrogens is 276 g/mol. The zero-order valence-electron chi connectivity index (χ0n) is 12.0. The Morgan fingerprint density at radius 3 is 2.71 bits per heavy atom. The van der Waals surface area contributed by atoms with E-state index < -0.39 is 17.2 Å². The molecule has 0 aliphatic heterocycles. The van der Waals surface area contributed by atoms with Crippen LogP contribution in [-0.4, -0.2) is 30.2 Å². The quantitative estimate of drug-likeness (QED) is 0.793. The van der Waals surface area contributed by atoms with Gasteiger partial charge in [0.15, 0.2) is 5.65 Å². The third kappa shape index (κ3) is 2.88. The molecule has 0 aromatic carbocycles. The van der Waals surface area contributed by atoms with Crippen LogP contribution in [0.4, 0.5) is 0 Å². The number of aliphatic carboxylic acids is 1. The second-order valence-electron chi connectivity index (χ2n) is 4.93. The highest BCUT2D eigenvalue weighted by Crippen LogP contribution is 2.08. The minimum absolute atomic E-state index is 0.0385. The van der Waals surface area contributed by atoms with Crippen LogP contribution in [0, 0.1) is 0 Å². The van der Waals surface area contributed by atoms with Crippen LogP contribution < -0.4 is 11.2 Å². The average molecular weight is 294 g/mol. The number of imidazole rings is 1. The molecule has 0 spiro atoms. The van der Waals surface area contributed by atoms with Crippen molar-refractivity contribution in [1.82, 2.24) is 19.1 Å². The van der Waals surface area contributed by atoms with Crippen molar-refractivity contribution in [1.29, 1.82) is 0 Å². The molecular formula is C13H18N4O4. The number of hydrogen-bond acceptors (Lipinski definition) is 4. The van der Waals surface area contributed by atoms with Crippen molar-refractivity contribution in [2.45, 2.75) is 39.2 Å². The number of aromatic amines is 1. The fourth-order valence-electron chi connectivity index (χ4n) is 2.23. The number of carboxylic acids is 1. The van der Waals surface area contributed by atoms with Gasteiger partial charge in [-0.3, -0.25) is 18.7 Å². The van der Waals surface area contributed by atoms with Gasteiger partial charge in [0.25, 0.3) is 5.56 Å². The zero-order valence-corrected chi connectivity index (χ0v) is 12.0. The fraction of sp³-hybridized carbons (Fsp3) is 0.538. The third-order valence-electron chi connectivity index (χ3n) is 3.28. The van der Waals surface area contributed by atoms with Crippen LogP contribution in [0.3, 0.4) is 0 Å². The Morgan fingerprint density at radius 2 is 2.10 bits per heavy atom. The lowest BCUT2D eigenvalue weighted by Crippen LogP contribution is -2.38. The lowest BCUT2D eigenvalue weighted by atomic mass is 10.2. The molecule has 114 valence electrons. The number of aromatic nitrogens is 4. The van der Waals surface area contributed by atoms with Gasteiger partial charge in [-0.15, -0.1) is 0 Å². The molecule has 2 heterocycles. The number of nitrogens with one attached hydrogen (secondary N) is 1. The van der Waals surface area contributed by atoms with Crippen LogP contribution in [0.15, 0.2) is 9.59 Å². The van der Waals surface area contributed by atoms with E-state index >= 15 is 0 Å². The lowest BCUT2D eigenvalue weighted by Gasteiger charge is -2.06.